The standard InChI is InChI=1S/C14H21BrO4/c1-9(2)18-7-12(17)8-19-14-5-4-11(15)6-13(14)10(3)16/h4-6,9-10,12,16-17H,7-8H2,1-3H3. The van der Waals surface area contributed by atoms with Gasteiger partial charge in [-0.05, 0) is 39.0 Å². The molecule has 108 valence electrons. The smallest absolute Gasteiger partial charge is 0.125 e. The molecule has 0 bridgehead atoms. The molecule has 2 atom stereocenters. The number of aliphatic hydroxyl groups excluding tert-OH is 2. The van der Waals surface area contributed by atoms with Crippen LogP contribution in [0.25, 0.3) is 0 Å². The van der Waals surface area contributed by atoms with Crippen LogP contribution in [0.1, 0.15) is 32.4 Å². The lowest BCUT2D eigenvalue weighted by Gasteiger charge is -2.17. The third-order valence-corrected chi connectivity index (χ3v) is 2.97. The molecule has 0 fully saturated rings. The van der Waals surface area contributed by atoms with Crippen molar-refractivity contribution >= 4 is 15.9 Å². The molecular formula is C14H21BrO4. The maximum atomic E-state index is 9.72. The maximum Gasteiger partial charge on any atom is 0.125 e. The fourth-order valence-corrected chi connectivity index (χ4v) is 1.89. The zero-order chi connectivity index (χ0) is 14.4. The molecule has 0 saturated carbocycles. The number of ether oxygens (including phenoxy) is 2. The Morgan fingerprint density at radius 3 is 2.42 bits per heavy atom. The topological polar surface area (TPSA) is 58.9 Å². The van der Waals surface area contributed by atoms with Crippen molar-refractivity contribution in [3.8, 4) is 5.75 Å². The molecule has 19 heavy (non-hydrogen) atoms. The lowest BCUT2D eigenvalue weighted by molar-refractivity contribution is -0.0126. The molecule has 4 nitrogen and oxygen atoms in total. The molecule has 5 heteroatoms. The summed E-state index contributed by atoms with van der Waals surface area (Å²) in [5.41, 5.74) is 0.686. The molecule has 0 radical (unpaired) electrons. The fraction of sp³-hybridized carbons (Fsp3) is 0.571. The first-order valence-corrected chi connectivity index (χ1v) is 7.09. The number of benzene rings is 1. The van der Waals surface area contributed by atoms with E-state index in [4.69, 9.17) is 9.47 Å². The second-order valence-electron chi connectivity index (χ2n) is 4.71. The van der Waals surface area contributed by atoms with Crippen LogP contribution in [0.4, 0.5) is 0 Å². The second-order valence-corrected chi connectivity index (χ2v) is 5.62. The Morgan fingerprint density at radius 2 is 1.84 bits per heavy atom. The molecule has 1 rings (SSSR count). The third kappa shape index (κ3) is 5.91. The predicted molar refractivity (Wildman–Crippen MR) is 77.4 cm³/mol. The molecule has 0 saturated heterocycles. The Labute approximate surface area is 122 Å². The van der Waals surface area contributed by atoms with E-state index in [9.17, 15) is 10.2 Å². The highest BCUT2D eigenvalue weighted by atomic mass is 79.9. The predicted octanol–water partition coefficient (Wildman–Crippen LogP) is 2.67. The van der Waals surface area contributed by atoms with Crippen LogP contribution in [0.5, 0.6) is 5.75 Å². The van der Waals surface area contributed by atoms with Crippen molar-refractivity contribution in [1.82, 2.24) is 0 Å². The van der Waals surface area contributed by atoms with Gasteiger partial charge in [0.1, 0.15) is 18.5 Å². The van der Waals surface area contributed by atoms with E-state index < -0.39 is 12.2 Å². The highest BCUT2D eigenvalue weighted by Gasteiger charge is 2.12. The lowest BCUT2D eigenvalue weighted by atomic mass is 10.1. The van der Waals surface area contributed by atoms with E-state index in [2.05, 4.69) is 15.9 Å². The first-order valence-electron chi connectivity index (χ1n) is 6.30. The Hall–Kier alpha value is -0.620. The van der Waals surface area contributed by atoms with Gasteiger partial charge in [-0.3, -0.25) is 0 Å². The van der Waals surface area contributed by atoms with E-state index in [-0.39, 0.29) is 19.3 Å². The summed E-state index contributed by atoms with van der Waals surface area (Å²) >= 11 is 3.35. The van der Waals surface area contributed by atoms with Crippen molar-refractivity contribution in [2.75, 3.05) is 13.2 Å². The molecule has 0 aliphatic heterocycles. The van der Waals surface area contributed by atoms with Gasteiger partial charge in [-0.15, -0.1) is 0 Å². The van der Waals surface area contributed by atoms with Gasteiger partial charge in [0, 0.05) is 10.0 Å². The van der Waals surface area contributed by atoms with E-state index in [1.165, 1.54) is 0 Å². The van der Waals surface area contributed by atoms with Gasteiger partial charge in [-0.25, -0.2) is 0 Å². The van der Waals surface area contributed by atoms with Crippen LogP contribution in [0.3, 0.4) is 0 Å². The Morgan fingerprint density at radius 1 is 1.16 bits per heavy atom. The second kappa shape index (κ2) is 7.85. The molecule has 0 spiro atoms. The monoisotopic (exact) mass is 332 g/mol. The first kappa shape index (κ1) is 16.4. The molecule has 0 aliphatic rings. The van der Waals surface area contributed by atoms with E-state index >= 15 is 0 Å². The summed E-state index contributed by atoms with van der Waals surface area (Å²) in [6, 6.07) is 5.40. The minimum atomic E-state index is -0.687. The molecular weight excluding hydrogens is 312 g/mol. The van der Waals surface area contributed by atoms with E-state index in [0.29, 0.717) is 11.3 Å². The zero-order valence-corrected chi connectivity index (χ0v) is 13.1. The van der Waals surface area contributed by atoms with E-state index in [1.807, 2.05) is 19.9 Å². The summed E-state index contributed by atoms with van der Waals surface area (Å²) in [6.07, 6.45) is -1.24. The van der Waals surface area contributed by atoms with E-state index in [1.54, 1.807) is 19.1 Å². The van der Waals surface area contributed by atoms with Gasteiger partial charge < -0.3 is 19.7 Å². The largest absolute Gasteiger partial charge is 0.490 e. The quantitative estimate of drug-likeness (QED) is 0.805. The lowest BCUT2D eigenvalue weighted by Crippen LogP contribution is -2.25. The number of rotatable bonds is 7. The van der Waals surface area contributed by atoms with E-state index in [0.717, 1.165) is 4.47 Å². The van der Waals surface area contributed by atoms with Crippen LogP contribution in [-0.4, -0.2) is 35.6 Å². The molecule has 2 N–H and O–H groups in total. The molecule has 2 unspecified atom stereocenters. The molecule has 1 aromatic rings. The molecule has 0 amide bonds. The molecule has 0 heterocycles. The Balaban J connectivity index is 2.57. The van der Waals surface area contributed by atoms with Gasteiger partial charge in [0.05, 0.1) is 18.8 Å². The summed E-state index contributed by atoms with van der Waals surface area (Å²) in [5, 5.41) is 19.4. The van der Waals surface area contributed by atoms with Crippen LogP contribution >= 0.6 is 15.9 Å². The third-order valence-electron chi connectivity index (χ3n) is 2.48. The minimum Gasteiger partial charge on any atom is -0.490 e. The first-order chi connectivity index (χ1) is 8.90. The normalized spacial score (nSPS) is 14.5. The van der Waals surface area contributed by atoms with Gasteiger partial charge in [0.15, 0.2) is 0 Å². The Kier molecular flexibility index (Phi) is 6.79. The summed E-state index contributed by atoms with van der Waals surface area (Å²) < 4.78 is 11.7. The molecule has 0 aromatic heterocycles. The highest BCUT2D eigenvalue weighted by molar-refractivity contribution is 9.10. The fourth-order valence-electron chi connectivity index (χ4n) is 1.51. The molecule has 1 aromatic carbocycles. The minimum absolute atomic E-state index is 0.0790. The van der Waals surface area contributed by atoms with Crippen LogP contribution in [0, 0.1) is 0 Å². The number of aliphatic hydroxyl groups is 2. The summed E-state index contributed by atoms with van der Waals surface area (Å²) in [5.74, 6) is 0.571. The van der Waals surface area contributed by atoms with Crippen molar-refractivity contribution in [1.29, 1.82) is 0 Å². The van der Waals surface area contributed by atoms with Gasteiger partial charge >= 0.3 is 0 Å². The number of halogens is 1. The molecule has 0 aliphatic carbocycles. The van der Waals surface area contributed by atoms with Gasteiger partial charge in [-0.2, -0.15) is 0 Å². The zero-order valence-electron chi connectivity index (χ0n) is 11.5. The number of hydrogen-bond donors (Lipinski definition) is 2. The highest BCUT2D eigenvalue weighted by Crippen LogP contribution is 2.28. The van der Waals surface area contributed by atoms with Crippen LogP contribution < -0.4 is 4.74 Å². The summed E-state index contributed by atoms with van der Waals surface area (Å²) in [6.45, 7) is 5.86. The van der Waals surface area contributed by atoms with Gasteiger partial charge in [-0.1, -0.05) is 15.9 Å². The average Bonchev–Trinajstić information content (AvgIpc) is 2.34. The Bertz CT molecular complexity index is 393. The maximum absolute atomic E-state index is 9.72. The summed E-state index contributed by atoms with van der Waals surface area (Å²) in [7, 11) is 0. The average molecular weight is 333 g/mol. The van der Waals surface area contributed by atoms with Crippen LogP contribution in [0.2, 0.25) is 0 Å². The summed E-state index contributed by atoms with van der Waals surface area (Å²) in [4.78, 5) is 0. The van der Waals surface area contributed by atoms with Crippen molar-refractivity contribution in [3.05, 3.63) is 28.2 Å². The van der Waals surface area contributed by atoms with Crippen molar-refractivity contribution in [2.45, 2.75) is 39.1 Å². The van der Waals surface area contributed by atoms with Crippen LogP contribution in [-0.2, 0) is 4.74 Å². The van der Waals surface area contributed by atoms with Crippen LogP contribution in [0.15, 0.2) is 22.7 Å². The van der Waals surface area contributed by atoms with Gasteiger partial charge in [0.25, 0.3) is 0 Å². The number of hydrogen-bond acceptors (Lipinski definition) is 4. The van der Waals surface area contributed by atoms with Crippen molar-refractivity contribution < 1.29 is 19.7 Å². The van der Waals surface area contributed by atoms with Crippen molar-refractivity contribution in [3.63, 3.8) is 0 Å². The van der Waals surface area contributed by atoms with Crippen molar-refractivity contribution in [2.24, 2.45) is 0 Å². The SMILES string of the molecule is CC(C)OCC(O)COc1ccc(Br)cc1C(C)O. The van der Waals surface area contributed by atoms with Gasteiger partial charge in [0.2, 0.25) is 0 Å².